The molecule has 0 unspecified atom stereocenters. The summed E-state index contributed by atoms with van der Waals surface area (Å²) in [6.45, 7) is 20.7. The van der Waals surface area contributed by atoms with Gasteiger partial charge in [-0.05, 0) is 144 Å². The molecule has 0 aliphatic carbocycles. The highest BCUT2D eigenvalue weighted by molar-refractivity contribution is 5.98. The molecular weight excluding hydrogens is 875 g/mol. The number of hydrogen-bond donors (Lipinski definition) is 1. The maximum atomic E-state index is 12.6. The second-order valence-corrected chi connectivity index (χ2v) is 21.7. The summed E-state index contributed by atoms with van der Waals surface area (Å²) in [4.78, 5) is 10.6. The van der Waals surface area contributed by atoms with Crippen LogP contribution in [0.3, 0.4) is 0 Å². The molecule has 0 saturated heterocycles. The lowest BCUT2D eigenvalue weighted by atomic mass is 9.79. The zero-order chi connectivity index (χ0) is 52.3. The number of phenolic OH excluding ortho intramolecular Hbond substituents is 1. The van der Waals surface area contributed by atoms with Crippen molar-refractivity contribution in [3.63, 3.8) is 0 Å². The molecule has 0 radical (unpaired) electrons. The lowest BCUT2D eigenvalue weighted by molar-refractivity contribution is 0.446. The van der Waals surface area contributed by atoms with Gasteiger partial charge in [-0.3, -0.25) is 9.55 Å². The highest BCUT2D eigenvalue weighted by atomic mass is 16.3. The Bertz CT molecular complexity index is 3650. The van der Waals surface area contributed by atoms with Gasteiger partial charge in [0.15, 0.2) is 0 Å². The third-order valence-corrected chi connectivity index (χ3v) is 14.0. The summed E-state index contributed by atoms with van der Waals surface area (Å²) in [7, 11) is 0. The third-order valence-electron chi connectivity index (χ3n) is 14.0. The fourth-order valence-electron chi connectivity index (χ4n) is 10.0. The van der Waals surface area contributed by atoms with Crippen molar-refractivity contribution >= 4 is 11.0 Å². The molecule has 72 heavy (non-hydrogen) atoms. The Hall–Kier alpha value is -7.82. The molecule has 0 spiro atoms. The normalized spacial score (nSPS) is 12.8. The first-order chi connectivity index (χ1) is 35.1. The number of fused-ring (bicyclic) bond motifs is 1. The number of aromatic nitrogens is 3. The van der Waals surface area contributed by atoms with Crippen LogP contribution in [0, 0.1) is 0 Å². The summed E-state index contributed by atoms with van der Waals surface area (Å²) in [6.07, 6.45) is 1.90. The Kier molecular flexibility index (Phi) is 12.0. The van der Waals surface area contributed by atoms with E-state index in [2.05, 4.69) is 204 Å². The van der Waals surface area contributed by atoms with Crippen molar-refractivity contribution in [2.45, 2.75) is 91.9 Å². The fraction of sp³-hybridized carbons (Fsp3) is 0.206. The Morgan fingerprint density at radius 2 is 1.01 bits per heavy atom. The maximum absolute atomic E-state index is 12.6. The number of imidazole rings is 1. The number of benzene rings is 8. The van der Waals surface area contributed by atoms with E-state index >= 15 is 0 Å². The maximum Gasteiger partial charge on any atom is 0.149 e. The van der Waals surface area contributed by atoms with Gasteiger partial charge >= 0.3 is 0 Å². The van der Waals surface area contributed by atoms with E-state index < -0.39 is 11.8 Å². The topological polar surface area (TPSA) is 50.9 Å². The Labute approximate surface area is 429 Å². The first kappa shape index (κ1) is 45.3. The number of rotatable bonds is 10. The minimum Gasteiger partial charge on any atom is -0.507 e. The molecule has 8 aromatic carbocycles. The monoisotopic (exact) mass is 942 g/mol. The van der Waals surface area contributed by atoms with Gasteiger partial charge in [-0.2, -0.15) is 0 Å². The molecule has 4 heteroatoms. The number of aromatic hydroxyl groups is 1. The van der Waals surface area contributed by atoms with E-state index in [1.165, 1.54) is 11.1 Å². The number of hydrogen-bond acceptors (Lipinski definition) is 3. The second kappa shape index (κ2) is 19.1. The molecule has 1 N–H and O–H groups in total. The summed E-state index contributed by atoms with van der Waals surface area (Å²) in [5, 5.41) is 12.6. The predicted molar refractivity (Wildman–Crippen MR) is 304 cm³/mol. The molecule has 10 rings (SSSR count). The zero-order valence-electron chi connectivity index (χ0n) is 45.3. The molecule has 0 amide bonds. The molecule has 0 aliphatic heterocycles. The van der Waals surface area contributed by atoms with Crippen molar-refractivity contribution in [2.24, 2.45) is 0 Å². The van der Waals surface area contributed by atoms with Gasteiger partial charge in [0.1, 0.15) is 11.6 Å². The van der Waals surface area contributed by atoms with Crippen molar-refractivity contribution < 1.29 is 7.85 Å². The van der Waals surface area contributed by atoms with Crippen LogP contribution in [0.5, 0.6) is 5.75 Å². The van der Waals surface area contributed by atoms with Crippen LogP contribution in [0.1, 0.15) is 106 Å². The van der Waals surface area contributed by atoms with Crippen LogP contribution in [0.15, 0.2) is 194 Å². The smallest absolute Gasteiger partial charge is 0.149 e. The summed E-state index contributed by atoms with van der Waals surface area (Å²) >= 11 is 0. The molecule has 0 fully saturated rings. The van der Waals surface area contributed by atoms with Gasteiger partial charge in [0.25, 0.3) is 0 Å². The summed E-state index contributed by atoms with van der Waals surface area (Å²) < 4.78 is 20.5. The van der Waals surface area contributed by atoms with Crippen LogP contribution in [0.25, 0.3) is 95.0 Å². The summed E-state index contributed by atoms with van der Waals surface area (Å²) in [5.74, 6) is -0.957. The fourth-order valence-corrected chi connectivity index (χ4v) is 10.0. The van der Waals surface area contributed by atoms with Crippen LogP contribution in [0.2, 0.25) is 0 Å². The highest BCUT2D eigenvalue weighted by Gasteiger charge is 2.29. The Morgan fingerprint density at radius 1 is 0.472 bits per heavy atom. The van der Waals surface area contributed by atoms with E-state index in [0.29, 0.717) is 11.4 Å². The van der Waals surface area contributed by atoms with Crippen LogP contribution in [-0.2, 0) is 10.8 Å². The first-order valence-corrected chi connectivity index (χ1v) is 25.1. The average Bonchev–Trinajstić information content (AvgIpc) is 3.78. The predicted octanol–water partition coefficient (Wildman–Crippen LogP) is 18.6. The lowest BCUT2D eigenvalue weighted by Gasteiger charge is -2.27. The average molecular weight is 942 g/mol. The van der Waals surface area contributed by atoms with Crippen LogP contribution in [-0.4, -0.2) is 19.6 Å². The van der Waals surface area contributed by atoms with Gasteiger partial charge in [0.2, 0.25) is 0 Å². The van der Waals surface area contributed by atoms with Crippen LogP contribution >= 0.6 is 0 Å². The second-order valence-electron chi connectivity index (χ2n) is 21.7. The van der Waals surface area contributed by atoms with Gasteiger partial charge in [-0.25, -0.2) is 4.98 Å². The highest BCUT2D eigenvalue weighted by Crippen LogP contribution is 2.46. The molecular formula is C68H65N3O. The van der Waals surface area contributed by atoms with Crippen molar-refractivity contribution in [1.29, 1.82) is 0 Å². The van der Waals surface area contributed by atoms with Crippen LogP contribution < -0.4 is 0 Å². The quantitative estimate of drug-likeness (QED) is 0.149. The summed E-state index contributed by atoms with van der Waals surface area (Å²) in [5.41, 5.74) is 18.6. The molecule has 4 nitrogen and oxygen atoms in total. The molecule has 0 bridgehead atoms. The first-order valence-electron chi connectivity index (χ1n) is 26.1. The third kappa shape index (κ3) is 9.30. The largest absolute Gasteiger partial charge is 0.507 e. The number of nitrogens with zero attached hydrogens (tertiary/aromatic N) is 3. The van der Waals surface area contributed by atoms with E-state index in [0.717, 1.165) is 94.7 Å². The number of phenols is 1. The van der Waals surface area contributed by atoms with Crippen molar-refractivity contribution in [3.8, 4) is 89.7 Å². The molecule has 0 aliphatic rings. The van der Waals surface area contributed by atoms with E-state index in [1.54, 1.807) is 0 Å². The van der Waals surface area contributed by atoms with E-state index in [1.807, 2.05) is 64.2 Å². The lowest BCUT2D eigenvalue weighted by Crippen LogP contribution is -2.17. The van der Waals surface area contributed by atoms with Crippen LogP contribution in [0.4, 0.5) is 0 Å². The number of para-hydroxylation sites is 1. The minimum atomic E-state index is -0.897. The van der Waals surface area contributed by atoms with E-state index in [-0.39, 0.29) is 16.6 Å². The molecule has 358 valence electrons. The number of pyridine rings is 1. The Morgan fingerprint density at radius 3 is 1.61 bits per heavy atom. The van der Waals surface area contributed by atoms with E-state index in [4.69, 9.17) is 12.7 Å². The van der Waals surface area contributed by atoms with Crippen molar-refractivity contribution in [1.82, 2.24) is 14.5 Å². The summed E-state index contributed by atoms with van der Waals surface area (Å²) in [6, 6.07) is 65.7. The van der Waals surface area contributed by atoms with Crippen molar-refractivity contribution in [2.75, 3.05) is 0 Å². The van der Waals surface area contributed by atoms with Gasteiger partial charge in [0, 0.05) is 31.3 Å². The zero-order valence-corrected chi connectivity index (χ0v) is 43.3. The standard InChI is InChI=1S/C68H65N3O/c1-43(2)56-23-17-24-57(44(3)4)63(56)49-31-33-55(34-32-49)71-62-26-18-25-58(64(62)70-66(71)59-41-54(67(5,6)7)42-60(65(59)72)68(8,9)10)52-37-51(46-21-15-12-16-22-46)38-53(39-52)61-40-50(35-36-69-61)48-29-27-47(28-30-48)45-19-13-11-14-20-45/h11-44,72H,1-10H3/i43D,44D. The molecule has 2 heterocycles. The van der Waals surface area contributed by atoms with Gasteiger partial charge < -0.3 is 5.11 Å². The molecule has 0 atom stereocenters. The molecule has 0 saturated carbocycles. The van der Waals surface area contributed by atoms with Crippen molar-refractivity contribution in [3.05, 3.63) is 217 Å². The van der Waals surface area contributed by atoms with Gasteiger partial charge in [-0.15, -0.1) is 0 Å². The molecule has 2 aromatic heterocycles. The van der Waals surface area contributed by atoms with Gasteiger partial charge in [0.05, 0.1) is 22.3 Å². The van der Waals surface area contributed by atoms with Gasteiger partial charge in [-0.1, -0.05) is 203 Å². The minimum absolute atomic E-state index is 0.211. The SMILES string of the molecule is [2H]C(C)(C)c1cccc(C([2H])(C)C)c1-c1ccc(-n2c(-c3cc(C(C)(C)C)cc(C(C)(C)C)c3O)nc3c(-c4cc(-c5ccccc5)cc(-c5cc(-c6ccc(-c7ccccc7)cc6)ccn5)c4)cccc32)cc1. The molecule has 10 aromatic rings. The Balaban J connectivity index is 1.19. The van der Waals surface area contributed by atoms with E-state index in [9.17, 15) is 5.11 Å².